The number of fused-ring (bicyclic) bond motifs is 1. The monoisotopic (exact) mass is 286 g/mol. The Morgan fingerprint density at radius 1 is 1.38 bits per heavy atom. The highest BCUT2D eigenvalue weighted by Crippen LogP contribution is 2.23. The maximum Gasteiger partial charge on any atom is 0.141 e. The molecular formula is C17H26N4. The fraction of sp³-hybridized carbons (Fsp3) is 0.588. The molecule has 0 saturated carbocycles. The first kappa shape index (κ1) is 14.5. The first-order valence-electron chi connectivity index (χ1n) is 8.10. The van der Waals surface area contributed by atoms with Gasteiger partial charge in [-0.2, -0.15) is 0 Å². The Bertz CT molecular complexity index is 602. The molecule has 3 heterocycles. The first-order chi connectivity index (χ1) is 10.2. The smallest absolute Gasteiger partial charge is 0.141 e. The summed E-state index contributed by atoms with van der Waals surface area (Å²) >= 11 is 0. The van der Waals surface area contributed by atoms with Gasteiger partial charge in [0.1, 0.15) is 5.65 Å². The zero-order chi connectivity index (χ0) is 14.8. The molecule has 2 aromatic heterocycles. The second-order valence-corrected chi connectivity index (χ2v) is 6.39. The molecule has 1 unspecified atom stereocenters. The Kier molecular flexibility index (Phi) is 4.27. The minimum atomic E-state index is 0.544. The lowest BCUT2D eigenvalue weighted by Gasteiger charge is -2.38. The molecule has 1 fully saturated rings. The van der Waals surface area contributed by atoms with E-state index in [1.807, 2.05) is 6.07 Å². The second-order valence-electron chi connectivity index (χ2n) is 6.39. The van der Waals surface area contributed by atoms with Crippen LogP contribution in [0, 0.1) is 0 Å². The van der Waals surface area contributed by atoms with Gasteiger partial charge < -0.3 is 10.1 Å². The highest BCUT2D eigenvalue weighted by atomic mass is 15.2. The maximum absolute atomic E-state index is 5.81. The highest BCUT2D eigenvalue weighted by molar-refractivity contribution is 5.48. The summed E-state index contributed by atoms with van der Waals surface area (Å²) in [6, 6.07) is 5.35. The number of imidazole rings is 1. The van der Waals surface area contributed by atoms with Crippen LogP contribution in [-0.2, 0) is 13.0 Å². The van der Waals surface area contributed by atoms with Crippen LogP contribution in [0.25, 0.3) is 5.65 Å². The lowest BCUT2D eigenvalue weighted by atomic mass is 9.97. The SMILES string of the molecule is CC(C)N1CCCCC1Cc1cn2cccc(CN)c2n1. The maximum atomic E-state index is 5.81. The van der Waals surface area contributed by atoms with E-state index in [0.717, 1.165) is 17.6 Å². The molecule has 0 aliphatic carbocycles. The summed E-state index contributed by atoms with van der Waals surface area (Å²) < 4.78 is 2.11. The topological polar surface area (TPSA) is 46.6 Å². The minimum Gasteiger partial charge on any atom is -0.326 e. The second kappa shape index (κ2) is 6.16. The summed E-state index contributed by atoms with van der Waals surface area (Å²) in [7, 11) is 0. The van der Waals surface area contributed by atoms with Crippen molar-refractivity contribution in [3.05, 3.63) is 35.8 Å². The van der Waals surface area contributed by atoms with Gasteiger partial charge in [0.2, 0.25) is 0 Å². The highest BCUT2D eigenvalue weighted by Gasteiger charge is 2.25. The zero-order valence-electron chi connectivity index (χ0n) is 13.1. The predicted octanol–water partition coefficient (Wildman–Crippen LogP) is 2.60. The Hall–Kier alpha value is -1.39. The van der Waals surface area contributed by atoms with Crippen LogP contribution in [0.15, 0.2) is 24.5 Å². The van der Waals surface area contributed by atoms with Crippen molar-refractivity contribution in [3.8, 4) is 0 Å². The third-order valence-electron chi connectivity index (χ3n) is 4.61. The molecule has 3 rings (SSSR count). The van der Waals surface area contributed by atoms with Crippen molar-refractivity contribution in [1.29, 1.82) is 0 Å². The predicted molar refractivity (Wildman–Crippen MR) is 86.3 cm³/mol. The van der Waals surface area contributed by atoms with E-state index in [4.69, 9.17) is 10.7 Å². The van der Waals surface area contributed by atoms with E-state index in [0.29, 0.717) is 18.6 Å². The fourth-order valence-corrected chi connectivity index (χ4v) is 3.54. The summed E-state index contributed by atoms with van der Waals surface area (Å²) in [4.78, 5) is 7.46. The number of rotatable bonds is 4. The number of piperidine rings is 1. The third kappa shape index (κ3) is 2.97. The number of likely N-dealkylation sites (tertiary alicyclic amines) is 1. The van der Waals surface area contributed by atoms with Gasteiger partial charge in [-0.15, -0.1) is 0 Å². The third-order valence-corrected chi connectivity index (χ3v) is 4.61. The molecule has 4 nitrogen and oxygen atoms in total. The number of hydrogen-bond acceptors (Lipinski definition) is 3. The molecule has 114 valence electrons. The molecule has 21 heavy (non-hydrogen) atoms. The fourth-order valence-electron chi connectivity index (χ4n) is 3.54. The number of hydrogen-bond donors (Lipinski definition) is 1. The van der Waals surface area contributed by atoms with Crippen LogP contribution >= 0.6 is 0 Å². The number of nitrogens with two attached hydrogens (primary N) is 1. The van der Waals surface area contributed by atoms with E-state index >= 15 is 0 Å². The Morgan fingerprint density at radius 2 is 2.24 bits per heavy atom. The van der Waals surface area contributed by atoms with Gasteiger partial charge in [0.25, 0.3) is 0 Å². The van der Waals surface area contributed by atoms with Crippen molar-refractivity contribution in [2.24, 2.45) is 5.73 Å². The normalized spacial score (nSPS) is 20.5. The van der Waals surface area contributed by atoms with Crippen LogP contribution in [0.5, 0.6) is 0 Å². The molecule has 4 heteroatoms. The first-order valence-corrected chi connectivity index (χ1v) is 8.10. The standard InChI is InChI=1S/C17H26N4/c1-13(2)21-9-4-3-7-16(21)10-15-12-20-8-5-6-14(11-18)17(20)19-15/h5-6,8,12-13,16H,3-4,7,9-11,18H2,1-2H3. The van der Waals surface area contributed by atoms with Gasteiger partial charge in [-0.25, -0.2) is 4.98 Å². The summed E-state index contributed by atoms with van der Waals surface area (Å²) in [5.41, 5.74) is 9.13. The van der Waals surface area contributed by atoms with Crippen LogP contribution in [-0.4, -0.2) is 32.9 Å². The van der Waals surface area contributed by atoms with Gasteiger partial charge in [0.05, 0.1) is 5.69 Å². The molecule has 0 bridgehead atoms. The summed E-state index contributed by atoms with van der Waals surface area (Å²) in [5.74, 6) is 0. The summed E-state index contributed by atoms with van der Waals surface area (Å²) in [6.07, 6.45) is 9.24. The molecule has 1 saturated heterocycles. The van der Waals surface area contributed by atoms with Crippen LogP contribution in [0.2, 0.25) is 0 Å². The summed E-state index contributed by atoms with van der Waals surface area (Å²) in [6.45, 7) is 6.37. The number of aromatic nitrogens is 2. The molecule has 0 spiro atoms. The van der Waals surface area contributed by atoms with E-state index in [9.17, 15) is 0 Å². The minimum absolute atomic E-state index is 0.544. The Labute approximate surface area is 127 Å². The molecule has 1 aliphatic heterocycles. The van der Waals surface area contributed by atoms with Crippen LogP contribution in [0.1, 0.15) is 44.4 Å². The molecule has 1 atom stereocenters. The van der Waals surface area contributed by atoms with Gasteiger partial charge in [-0.3, -0.25) is 4.90 Å². The van der Waals surface area contributed by atoms with Crippen LogP contribution < -0.4 is 5.73 Å². The quantitative estimate of drug-likeness (QED) is 0.939. The van der Waals surface area contributed by atoms with Gasteiger partial charge in [-0.1, -0.05) is 12.5 Å². The van der Waals surface area contributed by atoms with Crippen molar-refractivity contribution in [2.75, 3.05) is 6.54 Å². The molecule has 2 N–H and O–H groups in total. The Morgan fingerprint density at radius 3 is 3.00 bits per heavy atom. The number of nitrogens with zero attached hydrogens (tertiary/aromatic N) is 3. The van der Waals surface area contributed by atoms with Crippen LogP contribution in [0.4, 0.5) is 0 Å². The number of pyridine rings is 1. The average Bonchev–Trinajstić information content (AvgIpc) is 2.89. The molecule has 0 aromatic carbocycles. The van der Waals surface area contributed by atoms with Crippen LogP contribution in [0.3, 0.4) is 0 Å². The van der Waals surface area contributed by atoms with E-state index in [2.05, 4.69) is 41.6 Å². The molecule has 2 aromatic rings. The van der Waals surface area contributed by atoms with E-state index in [1.165, 1.54) is 31.5 Å². The molecule has 0 amide bonds. The van der Waals surface area contributed by atoms with Gasteiger partial charge in [-0.05, 0) is 39.3 Å². The van der Waals surface area contributed by atoms with Crippen molar-refractivity contribution in [1.82, 2.24) is 14.3 Å². The van der Waals surface area contributed by atoms with Crippen molar-refractivity contribution in [3.63, 3.8) is 0 Å². The zero-order valence-corrected chi connectivity index (χ0v) is 13.1. The van der Waals surface area contributed by atoms with Gasteiger partial charge in [0, 0.05) is 43.0 Å². The van der Waals surface area contributed by atoms with Crippen molar-refractivity contribution < 1.29 is 0 Å². The Balaban J connectivity index is 1.83. The largest absolute Gasteiger partial charge is 0.326 e. The van der Waals surface area contributed by atoms with E-state index < -0.39 is 0 Å². The van der Waals surface area contributed by atoms with Gasteiger partial charge in [0.15, 0.2) is 0 Å². The molecular weight excluding hydrogens is 260 g/mol. The lowest BCUT2D eigenvalue weighted by molar-refractivity contribution is 0.111. The molecule has 1 aliphatic rings. The van der Waals surface area contributed by atoms with Crippen molar-refractivity contribution in [2.45, 2.75) is 58.2 Å². The molecule has 0 radical (unpaired) electrons. The van der Waals surface area contributed by atoms with Gasteiger partial charge >= 0.3 is 0 Å². The van der Waals surface area contributed by atoms with E-state index in [1.54, 1.807) is 0 Å². The van der Waals surface area contributed by atoms with E-state index in [-0.39, 0.29) is 0 Å². The summed E-state index contributed by atoms with van der Waals surface area (Å²) in [5, 5.41) is 0. The average molecular weight is 286 g/mol. The lowest BCUT2D eigenvalue weighted by Crippen LogP contribution is -2.45. The van der Waals surface area contributed by atoms with Crippen molar-refractivity contribution >= 4 is 5.65 Å².